The Morgan fingerprint density at radius 2 is 1.72 bits per heavy atom. The third-order valence-electron chi connectivity index (χ3n) is 4.51. The molecule has 3 rings (SSSR count). The Labute approximate surface area is 210 Å². The molecule has 0 N–H and O–H groups in total. The molecule has 0 aliphatic rings. The number of carbonyl (C=O) groups is 1. The quantitative estimate of drug-likeness (QED) is 0.129. The smallest absolute Gasteiger partial charge is 0.189 e. The van der Waals surface area contributed by atoms with Crippen molar-refractivity contribution in [2.75, 3.05) is 7.11 Å². The summed E-state index contributed by atoms with van der Waals surface area (Å²) in [6.45, 7) is 2.69. The maximum atomic E-state index is 12.4. The zero-order valence-corrected chi connectivity index (χ0v) is 20.7. The Kier molecular flexibility index (Phi) is 8.37. The standard InChI is InChI=1S/C22H17Cl5N2O3/c1-3-29-10-14(9-28-29)15(30)6-4-12-5-7-16(31-2)13(8-12)11-32-22-20(26)18(24)17(23)19(25)21(22)27/h4-10H,3,11H2,1-2H3/b6-4+. The largest absolute Gasteiger partial charge is 0.496 e. The van der Waals surface area contributed by atoms with E-state index >= 15 is 0 Å². The molecular weight excluding hydrogens is 518 g/mol. The summed E-state index contributed by atoms with van der Waals surface area (Å²) in [6.07, 6.45) is 6.43. The molecule has 32 heavy (non-hydrogen) atoms. The predicted octanol–water partition coefficient (Wildman–Crippen LogP) is 7.65. The van der Waals surface area contributed by atoms with Crippen LogP contribution >= 0.6 is 58.0 Å². The first-order chi connectivity index (χ1) is 15.3. The lowest BCUT2D eigenvalue weighted by Gasteiger charge is -2.15. The molecule has 1 heterocycles. The van der Waals surface area contributed by atoms with Crippen LogP contribution in [0.25, 0.3) is 6.08 Å². The molecule has 0 aliphatic heterocycles. The summed E-state index contributed by atoms with van der Waals surface area (Å²) in [7, 11) is 1.54. The summed E-state index contributed by atoms with van der Waals surface area (Å²) in [5, 5.41) is 4.37. The SMILES string of the molecule is CCn1cc(C(=O)/C=C/c2ccc(OC)c(COc3c(Cl)c(Cl)c(Cl)c(Cl)c3Cl)c2)cn1. The second kappa shape index (κ2) is 10.8. The highest BCUT2D eigenvalue weighted by atomic mass is 35.5. The number of nitrogens with zero attached hydrogens (tertiary/aromatic N) is 2. The summed E-state index contributed by atoms with van der Waals surface area (Å²) in [5.41, 5.74) is 1.97. The van der Waals surface area contributed by atoms with Crippen molar-refractivity contribution in [3.63, 3.8) is 0 Å². The molecule has 0 fully saturated rings. The van der Waals surface area contributed by atoms with E-state index < -0.39 is 0 Å². The fourth-order valence-electron chi connectivity index (χ4n) is 2.81. The number of rotatable bonds is 8. The van der Waals surface area contributed by atoms with Gasteiger partial charge in [-0.25, -0.2) is 0 Å². The van der Waals surface area contributed by atoms with E-state index in [-0.39, 0.29) is 43.3 Å². The second-order valence-corrected chi connectivity index (χ2v) is 8.43. The van der Waals surface area contributed by atoms with Crippen LogP contribution in [0.4, 0.5) is 0 Å². The van der Waals surface area contributed by atoms with Crippen LogP contribution < -0.4 is 9.47 Å². The molecule has 0 unspecified atom stereocenters. The van der Waals surface area contributed by atoms with E-state index in [1.807, 2.05) is 19.1 Å². The first kappa shape index (κ1) is 24.7. The molecule has 5 nitrogen and oxygen atoms in total. The molecule has 3 aromatic rings. The summed E-state index contributed by atoms with van der Waals surface area (Å²) >= 11 is 30.7. The Morgan fingerprint density at radius 1 is 1.06 bits per heavy atom. The fraction of sp³-hybridized carbons (Fsp3) is 0.182. The van der Waals surface area contributed by atoms with E-state index in [1.165, 1.54) is 6.08 Å². The van der Waals surface area contributed by atoms with E-state index in [0.29, 0.717) is 23.4 Å². The number of hydrogen-bond donors (Lipinski definition) is 0. The van der Waals surface area contributed by atoms with Crippen LogP contribution in [0.5, 0.6) is 11.5 Å². The molecule has 0 atom stereocenters. The lowest BCUT2D eigenvalue weighted by molar-refractivity contribution is 0.104. The number of aromatic nitrogens is 2. The third kappa shape index (κ3) is 5.36. The zero-order valence-electron chi connectivity index (χ0n) is 17.0. The average molecular weight is 535 g/mol. The topological polar surface area (TPSA) is 53.4 Å². The van der Waals surface area contributed by atoms with E-state index in [1.54, 1.807) is 36.3 Å². The minimum Gasteiger partial charge on any atom is -0.496 e. The van der Waals surface area contributed by atoms with Gasteiger partial charge in [0.2, 0.25) is 0 Å². The number of carbonyl (C=O) groups excluding carboxylic acids is 1. The van der Waals surface area contributed by atoms with Crippen molar-refractivity contribution >= 4 is 69.9 Å². The summed E-state index contributed by atoms with van der Waals surface area (Å²) < 4.78 is 12.9. The Balaban J connectivity index is 1.82. The molecule has 0 saturated carbocycles. The van der Waals surface area contributed by atoms with Gasteiger partial charge in [-0.15, -0.1) is 0 Å². The van der Waals surface area contributed by atoms with Gasteiger partial charge in [0.15, 0.2) is 11.5 Å². The van der Waals surface area contributed by atoms with Crippen LogP contribution in [-0.2, 0) is 13.2 Å². The minimum absolute atomic E-state index is 0.0475. The van der Waals surface area contributed by atoms with Gasteiger partial charge in [-0.1, -0.05) is 70.1 Å². The maximum absolute atomic E-state index is 12.4. The van der Waals surface area contributed by atoms with Crippen LogP contribution in [0.1, 0.15) is 28.4 Å². The Bertz CT molecular complexity index is 1160. The molecular formula is C22H17Cl5N2O3. The number of halogens is 5. The van der Waals surface area contributed by atoms with Crippen LogP contribution in [0, 0.1) is 0 Å². The molecule has 1 aromatic heterocycles. The van der Waals surface area contributed by atoms with Crippen molar-refractivity contribution in [2.45, 2.75) is 20.1 Å². The third-order valence-corrected chi connectivity index (χ3v) is 6.76. The summed E-state index contributed by atoms with van der Waals surface area (Å²) in [5.74, 6) is 0.539. The van der Waals surface area contributed by atoms with Gasteiger partial charge in [0.25, 0.3) is 0 Å². The van der Waals surface area contributed by atoms with E-state index in [4.69, 9.17) is 67.5 Å². The average Bonchev–Trinajstić information content (AvgIpc) is 3.29. The number of aryl methyl sites for hydroxylation is 1. The molecule has 0 bridgehead atoms. The van der Waals surface area contributed by atoms with Gasteiger partial charge in [0, 0.05) is 18.3 Å². The fourth-order valence-corrected chi connectivity index (χ4v) is 4.04. The molecule has 2 aromatic carbocycles. The first-order valence-electron chi connectivity index (χ1n) is 9.32. The zero-order chi connectivity index (χ0) is 23.4. The van der Waals surface area contributed by atoms with Gasteiger partial charge < -0.3 is 9.47 Å². The summed E-state index contributed by atoms with van der Waals surface area (Å²) in [4.78, 5) is 12.4. The van der Waals surface area contributed by atoms with Crippen molar-refractivity contribution in [3.05, 3.63) is 78.5 Å². The maximum Gasteiger partial charge on any atom is 0.189 e. The predicted molar refractivity (Wildman–Crippen MR) is 130 cm³/mol. The Hall–Kier alpha value is -1.89. The van der Waals surface area contributed by atoms with Crippen molar-refractivity contribution in [3.8, 4) is 11.5 Å². The highest BCUT2D eigenvalue weighted by Gasteiger charge is 2.21. The number of ketones is 1. The van der Waals surface area contributed by atoms with Gasteiger partial charge in [-0.05, 0) is 30.7 Å². The molecule has 0 spiro atoms. The minimum atomic E-state index is -0.151. The molecule has 0 amide bonds. The number of methoxy groups -OCH3 is 1. The normalized spacial score (nSPS) is 11.2. The van der Waals surface area contributed by atoms with E-state index in [0.717, 1.165) is 5.56 Å². The molecule has 10 heteroatoms. The van der Waals surface area contributed by atoms with Crippen molar-refractivity contribution in [2.24, 2.45) is 0 Å². The summed E-state index contributed by atoms with van der Waals surface area (Å²) in [6, 6.07) is 5.40. The van der Waals surface area contributed by atoms with Gasteiger partial charge in [-0.3, -0.25) is 9.48 Å². The lowest BCUT2D eigenvalue weighted by atomic mass is 10.1. The van der Waals surface area contributed by atoms with Crippen molar-refractivity contribution < 1.29 is 14.3 Å². The van der Waals surface area contributed by atoms with Crippen LogP contribution in [0.15, 0.2) is 36.7 Å². The van der Waals surface area contributed by atoms with E-state index in [2.05, 4.69) is 5.10 Å². The number of benzene rings is 2. The second-order valence-electron chi connectivity index (χ2n) is 6.54. The highest BCUT2D eigenvalue weighted by molar-refractivity contribution is 6.55. The van der Waals surface area contributed by atoms with Crippen molar-refractivity contribution in [1.82, 2.24) is 9.78 Å². The molecule has 0 aliphatic carbocycles. The molecule has 0 radical (unpaired) electrons. The lowest BCUT2D eigenvalue weighted by Crippen LogP contribution is -2.01. The van der Waals surface area contributed by atoms with Gasteiger partial charge in [0.1, 0.15) is 22.4 Å². The van der Waals surface area contributed by atoms with Gasteiger partial charge >= 0.3 is 0 Å². The number of ether oxygens (including phenoxy) is 2. The van der Waals surface area contributed by atoms with Gasteiger partial charge in [-0.2, -0.15) is 5.10 Å². The molecule has 0 saturated heterocycles. The van der Waals surface area contributed by atoms with Crippen LogP contribution in [0.2, 0.25) is 25.1 Å². The van der Waals surface area contributed by atoms with Crippen molar-refractivity contribution in [1.29, 1.82) is 0 Å². The van der Waals surface area contributed by atoms with Crippen LogP contribution in [0.3, 0.4) is 0 Å². The number of allylic oxidation sites excluding steroid dienone is 1. The number of hydrogen-bond acceptors (Lipinski definition) is 4. The van der Waals surface area contributed by atoms with E-state index in [9.17, 15) is 4.79 Å². The van der Waals surface area contributed by atoms with Gasteiger partial charge in [0.05, 0.1) is 33.9 Å². The Morgan fingerprint density at radius 3 is 2.31 bits per heavy atom. The highest BCUT2D eigenvalue weighted by Crippen LogP contribution is 2.48. The van der Waals surface area contributed by atoms with Crippen LogP contribution in [-0.4, -0.2) is 22.7 Å². The monoisotopic (exact) mass is 532 g/mol. The molecule has 168 valence electrons. The first-order valence-corrected chi connectivity index (χ1v) is 11.2.